The van der Waals surface area contributed by atoms with Gasteiger partial charge in [0.25, 0.3) is 17.4 Å². The Bertz CT molecular complexity index is 891. The molecule has 4 rings (SSSR count). The van der Waals surface area contributed by atoms with Crippen LogP contribution in [0.2, 0.25) is 0 Å². The summed E-state index contributed by atoms with van der Waals surface area (Å²) < 4.78 is 0. The van der Waals surface area contributed by atoms with Gasteiger partial charge >= 0.3 is 0 Å². The molecule has 0 bridgehead atoms. The summed E-state index contributed by atoms with van der Waals surface area (Å²) in [5.74, 6) is 0.390. The van der Waals surface area contributed by atoms with Crippen LogP contribution in [0.25, 0.3) is 0 Å². The second kappa shape index (κ2) is 6.70. The molecular formula is C18H19N5O3. The van der Waals surface area contributed by atoms with Gasteiger partial charge in [0.15, 0.2) is 0 Å². The van der Waals surface area contributed by atoms with Gasteiger partial charge in [0.2, 0.25) is 0 Å². The van der Waals surface area contributed by atoms with Crippen molar-refractivity contribution in [2.45, 2.75) is 31.2 Å². The highest BCUT2D eigenvalue weighted by atomic mass is 16.2. The van der Waals surface area contributed by atoms with Crippen LogP contribution in [0.4, 0.5) is 0 Å². The Morgan fingerprint density at radius 1 is 1.27 bits per heavy atom. The molecule has 1 atom stereocenters. The molecule has 1 saturated carbocycles. The predicted octanol–water partition coefficient (Wildman–Crippen LogP) is 0.687. The summed E-state index contributed by atoms with van der Waals surface area (Å²) in [7, 11) is 0. The maximum atomic E-state index is 12.7. The minimum atomic E-state index is -0.300. The van der Waals surface area contributed by atoms with Crippen LogP contribution in [0, 0.1) is 0 Å². The van der Waals surface area contributed by atoms with E-state index in [9.17, 15) is 14.4 Å². The zero-order valence-corrected chi connectivity index (χ0v) is 14.1. The van der Waals surface area contributed by atoms with Crippen LogP contribution in [0.3, 0.4) is 0 Å². The third-order valence-corrected chi connectivity index (χ3v) is 4.68. The first kappa shape index (κ1) is 16.4. The molecule has 2 aromatic heterocycles. The van der Waals surface area contributed by atoms with E-state index in [4.69, 9.17) is 0 Å². The molecule has 1 saturated heterocycles. The third kappa shape index (κ3) is 3.49. The van der Waals surface area contributed by atoms with Gasteiger partial charge in [0.05, 0.1) is 5.56 Å². The minimum Gasteiger partial charge on any atom is -0.347 e. The molecule has 0 spiro atoms. The maximum Gasteiger partial charge on any atom is 0.272 e. The van der Waals surface area contributed by atoms with Crippen LogP contribution in [0.15, 0.2) is 35.4 Å². The molecule has 26 heavy (non-hydrogen) atoms. The van der Waals surface area contributed by atoms with E-state index in [1.807, 2.05) is 0 Å². The fourth-order valence-corrected chi connectivity index (χ4v) is 3.13. The van der Waals surface area contributed by atoms with Gasteiger partial charge < -0.3 is 15.2 Å². The number of aromatic amines is 1. The van der Waals surface area contributed by atoms with Crippen molar-refractivity contribution in [3.05, 3.63) is 58.0 Å². The van der Waals surface area contributed by atoms with Gasteiger partial charge in [-0.25, -0.2) is 4.98 Å². The molecule has 2 aliphatic rings. The molecule has 8 nitrogen and oxygen atoms in total. The molecule has 0 radical (unpaired) electrons. The van der Waals surface area contributed by atoms with E-state index in [2.05, 4.69) is 20.3 Å². The number of carbonyl (C=O) groups excluding carboxylic acids is 2. The molecule has 1 aliphatic carbocycles. The van der Waals surface area contributed by atoms with Gasteiger partial charge in [-0.1, -0.05) is 0 Å². The van der Waals surface area contributed by atoms with Crippen molar-refractivity contribution in [1.29, 1.82) is 0 Å². The molecule has 1 aliphatic heterocycles. The number of pyridine rings is 1. The summed E-state index contributed by atoms with van der Waals surface area (Å²) in [5, 5.41) is 2.92. The topological polar surface area (TPSA) is 108 Å². The lowest BCUT2D eigenvalue weighted by Gasteiger charge is -2.17. The molecule has 0 unspecified atom stereocenters. The molecular weight excluding hydrogens is 334 g/mol. The number of nitrogens with one attached hydrogen (secondary N) is 2. The van der Waals surface area contributed by atoms with Crippen molar-refractivity contribution in [3.8, 4) is 0 Å². The molecule has 3 heterocycles. The highest BCUT2D eigenvalue weighted by Crippen LogP contribution is 2.37. The number of H-pyrrole nitrogens is 1. The molecule has 2 aromatic rings. The van der Waals surface area contributed by atoms with Crippen molar-refractivity contribution in [2.75, 3.05) is 13.1 Å². The smallest absolute Gasteiger partial charge is 0.272 e. The zero-order chi connectivity index (χ0) is 18.1. The second-order valence-electron chi connectivity index (χ2n) is 6.74. The van der Waals surface area contributed by atoms with E-state index in [0.29, 0.717) is 30.9 Å². The first-order valence-corrected chi connectivity index (χ1v) is 8.71. The number of rotatable bonds is 4. The van der Waals surface area contributed by atoms with Crippen LogP contribution in [0.5, 0.6) is 0 Å². The number of hydrogen-bond acceptors (Lipinski definition) is 5. The van der Waals surface area contributed by atoms with E-state index in [1.165, 1.54) is 12.3 Å². The van der Waals surface area contributed by atoms with Crippen LogP contribution < -0.4 is 10.9 Å². The number of carbonyl (C=O) groups is 2. The Morgan fingerprint density at radius 2 is 2.12 bits per heavy atom. The predicted molar refractivity (Wildman–Crippen MR) is 92.8 cm³/mol. The van der Waals surface area contributed by atoms with Crippen molar-refractivity contribution in [3.63, 3.8) is 0 Å². The Kier molecular flexibility index (Phi) is 4.24. The number of aromatic nitrogens is 3. The zero-order valence-electron chi connectivity index (χ0n) is 14.1. The van der Waals surface area contributed by atoms with E-state index in [0.717, 1.165) is 12.8 Å². The SMILES string of the molecule is O=C(N[C@@H]1CCN(C(=O)c2cc(=O)[nH]c(C3CC3)n2)C1)c1cccnc1. The van der Waals surface area contributed by atoms with Gasteiger partial charge in [-0.05, 0) is 31.4 Å². The quantitative estimate of drug-likeness (QED) is 0.841. The first-order valence-electron chi connectivity index (χ1n) is 8.71. The molecule has 2 amide bonds. The lowest BCUT2D eigenvalue weighted by Crippen LogP contribution is -2.39. The van der Waals surface area contributed by atoms with Crippen LogP contribution in [0.1, 0.15) is 51.9 Å². The largest absolute Gasteiger partial charge is 0.347 e. The lowest BCUT2D eigenvalue weighted by atomic mass is 10.2. The van der Waals surface area contributed by atoms with Gasteiger partial charge in [0, 0.05) is 43.5 Å². The number of hydrogen-bond donors (Lipinski definition) is 2. The molecule has 134 valence electrons. The van der Waals surface area contributed by atoms with E-state index in [1.54, 1.807) is 23.2 Å². The Morgan fingerprint density at radius 3 is 2.85 bits per heavy atom. The van der Waals surface area contributed by atoms with Crippen LogP contribution in [-0.2, 0) is 0 Å². The summed E-state index contributed by atoms with van der Waals surface area (Å²) in [6, 6.07) is 4.52. The van der Waals surface area contributed by atoms with Gasteiger partial charge in [0.1, 0.15) is 11.5 Å². The Hall–Kier alpha value is -3.03. The monoisotopic (exact) mass is 353 g/mol. The first-order chi connectivity index (χ1) is 12.6. The second-order valence-corrected chi connectivity index (χ2v) is 6.74. The summed E-state index contributed by atoms with van der Waals surface area (Å²) in [6.07, 6.45) is 5.76. The Balaban J connectivity index is 1.41. The molecule has 0 aromatic carbocycles. The summed E-state index contributed by atoms with van der Waals surface area (Å²) >= 11 is 0. The maximum absolute atomic E-state index is 12.7. The standard InChI is InChI=1S/C18H19N5O3/c24-15-8-14(21-16(22-15)11-3-4-11)18(26)23-7-5-13(10-23)20-17(25)12-2-1-6-19-9-12/h1-2,6,8-9,11,13H,3-5,7,10H2,(H,20,25)(H,21,22,24)/t13-/m1/s1. The molecule has 2 N–H and O–H groups in total. The van der Waals surface area contributed by atoms with Crippen LogP contribution >= 0.6 is 0 Å². The van der Waals surface area contributed by atoms with E-state index < -0.39 is 0 Å². The number of amides is 2. The Labute approximate surface area is 149 Å². The van der Waals surface area contributed by atoms with E-state index >= 15 is 0 Å². The van der Waals surface area contributed by atoms with Gasteiger partial charge in [-0.15, -0.1) is 0 Å². The van der Waals surface area contributed by atoms with Crippen molar-refractivity contribution < 1.29 is 9.59 Å². The normalized spacial score (nSPS) is 19.4. The average molecular weight is 353 g/mol. The van der Waals surface area contributed by atoms with Crippen LogP contribution in [-0.4, -0.2) is 50.8 Å². The number of nitrogens with zero attached hydrogens (tertiary/aromatic N) is 3. The third-order valence-electron chi connectivity index (χ3n) is 4.68. The fraction of sp³-hybridized carbons (Fsp3) is 0.389. The number of likely N-dealkylation sites (tertiary alicyclic amines) is 1. The summed E-state index contributed by atoms with van der Waals surface area (Å²) in [5.41, 5.74) is 0.364. The highest BCUT2D eigenvalue weighted by Gasteiger charge is 2.31. The van der Waals surface area contributed by atoms with E-state index in [-0.39, 0.29) is 35.0 Å². The molecule has 8 heteroatoms. The molecule has 2 fully saturated rings. The van der Waals surface area contributed by atoms with Gasteiger partial charge in [-0.3, -0.25) is 19.4 Å². The minimum absolute atomic E-state index is 0.128. The summed E-state index contributed by atoms with van der Waals surface area (Å²) in [4.78, 5) is 49.3. The summed E-state index contributed by atoms with van der Waals surface area (Å²) in [6.45, 7) is 0.919. The van der Waals surface area contributed by atoms with Crippen molar-refractivity contribution in [2.24, 2.45) is 0 Å². The fourth-order valence-electron chi connectivity index (χ4n) is 3.13. The van der Waals surface area contributed by atoms with Gasteiger partial charge in [-0.2, -0.15) is 0 Å². The average Bonchev–Trinajstić information content (AvgIpc) is 3.41. The lowest BCUT2D eigenvalue weighted by molar-refractivity contribution is 0.0777. The van der Waals surface area contributed by atoms with Crippen molar-refractivity contribution in [1.82, 2.24) is 25.2 Å². The highest BCUT2D eigenvalue weighted by molar-refractivity contribution is 5.94. The van der Waals surface area contributed by atoms with Crippen molar-refractivity contribution >= 4 is 11.8 Å².